The second kappa shape index (κ2) is 6.16. The highest BCUT2D eigenvalue weighted by molar-refractivity contribution is 8.14. The number of fused-ring (bicyclic) bond motifs is 1. The minimum atomic E-state index is -3.05. The number of aliphatic imine (C=N–C) groups is 1. The summed E-state index contributed by atoms with van der Waals surface area (Å²) in [5.74, 6) is 0.505. The topological polar surface area (TPSA) is 70.0 Å². The highest BCUT2D eigenvalue weighted by atomic mass is 32.2. The fraction of sp³-hybridized carbons (Fsp3) is 0.467. The first-order valence-electron chi connectivity index (χ1n) is 7.33. The van der Waals surface area contributed by atoms with Gasteiger partial charge in [0.15, 0.2) is 15.0 Å². The first-order valence-corrected chi connectivity index (χ1v) is 10.1. The largest absolute Gasteiger partial charge is 0.348 e. The number of amides is 1. The number of hydrogen-bond donors (Lipinski definition) is 0. The summed E-state index contributed by atoms with van der Waals surface area (Å²) in [7, 11) is 0.388. The van der Waals surface area contributed by atoms with Gasteiger partial charge in [0.05, 0.1) is 29.3 Å². The number of hydrogen-bond acceptors (Lipinski definition) is 6. The van der Waals surface area contributed by atoms with Gasteiger partial charge in [0, 0.05) is 19.8 Å². The lowest BCUT2D eigenvalue weighted by Crippen LogP contribution is -2.39. The van der Waals surface area contributed by atoms with E-state index in [-0.39, 0.29) is 29.5 Å². The summed E-state index contributed by atoms with van der Waals surface area (Å²) in [5, 5.41) is 0.733. The van der Waals surface area contributed by atoms with Crippen molar-refractivity contribution in [2.24, 2.45) is 4.99 Å². The molecule has 0 saturated carbocycles. The maximum Gasteiger partial charge on any atom is 0.232 e. The lowest BCUT2D eigenvalue weighted by atomic mass is 10.1. The molecule has 0 bridgehead atoms. The van der Waals surface area contributed by atoms with Gasteiger partial charge in [-0.15, -0.1) is 0 Å². The molecule has 2 heterocycles. The lowest BCUT2D eigenvalue weighted by molar-refractivity contribution is -0.125. The molecule has 2 atom stereocenters. The molecule has 0 aliphatic carbocycles. The van der Waals surface area contributed by atoms with E-state index in [0.29, 0.717) is 5.75 Å². The molecular weight excluding hydrogens is 334 g/mol. The Bertz CT molecular complexity index is 732. The van der Waals surface area contributed by atoms with E-state index in [1.54, 1.807) is 19.0 Å². The maximum atomic E-state index is 11.9. The highest BCUT2D eigenvalue weighted by Gasteiger charge is 2.47. The molecule has 0 radical (unpaired) electrons. The monoisotopic (exact) mass is 353 g/mol. The quantitative estimate of drug-likeness (QED) is 0.806. The zero-order valence-corrected chi connectivity index (χ0v) is 14.7. The smallest absolute Gasteiger partial charge is 0.232 e. The van der Waals surface area contributed by atoms with Crippen LogP contribution in [0.4, 0.5) is 5.69 Å². The zero-order chi connectivity index (χ0) is 16.6. The molecule has 1 saturated heterocycles. The normalized spacial score (nSPS) is 25.1. The Morgan fingerprint density at radius 2 is 2.00 bits per heavy atom. The Morgan fingerprint density at radius 3 is 2.65 bits per heavy atom. The third-order valence-electron chi connectivity index (χ3n) is 3.97. The molecule has 23 heavy (non-hydrogen) atoms. The predicted octanol–water partition coefficient (Wildman–Crippen LogP) is 0.850. The molecule has 1 fully saturated rings. The highest BCUT2D eigenvalue weighted by Crippen LogP contribution is 2.34. The number of para-hydroxylation sites is 1. The van der Waals surface area contributed by atoms with Crippen molar-refractivity contribution >= 4 is 38.4 Å². The summed E-state index contributed by atoms with van der Waals surface area (Å²) < 4.78 is 23.8. The molecule has 124 valence electrons. The van der Waals surface area contributed by atoms with Crippen LogP contribution in [0.25, 0.3) is 0 Å². The fourth-order valence-electron chi connectivity index (χ4n) is 2.78. The van der Waals surface area contributed by atoms with E-state index in [4.69, 9.17) is 0 Å². The van der Waals surface area contributed by atoms with Crippen molar-refractivity contribution in [2.75, 3.05) is 36.3 Å². The van der Waals surface area contributed by atoms with Crippen molar-refractivity contribution in [2.45, 2.75) is 12.1 Å². The molecule has 0 spiro atoms. The lowest BCUT2D eigenvalue weighted by Gasteiger charge is -2.26. The molecular formula is C15H19N3O3S2. The van der Waals surface area contributed by atoms with Gasteiger partial charge < -0.3 is 9.80 Å². The molecule has 0 aromatic heterocycles. The third kappa shape index (κ3) is 3.37. The fourth-order valence-corrected chi connectivity index (χ4v) is 5.72. The number of sulfone groups is 1. The van der Waals surface area contributed by atoms with Crippen molar-refractivity contribution in [1.82, 2.24) is 4.90 Å². The van der Waals surface area contributed by atoms with E-state index in [9.17, 15) is 13.2 Å². The molecule has 6 nitrogen and oxygen atoms in total. The number of rotatable bonds is 3. The number of carbonyl (C=O) groups is 1. The summed E-state index contributed by atoms with van der Waals surface area (Å²) >= 11 is 1.37. The Hall–Kier alpha value is -1.54. The summed E-state index contributed by atoms with van der Waals surface area (Å²) in [6.07, 6.45) is 0. The van der Waals surface area contributed by atoms with Crippen LogP contribution in [0.1, 0.15) is 0 Å². The van der Waals surface area contributed by atoms with Crippen LogP contribution in [0.15, 0.2) is 35.3 Å². The second-order valence-corrected chi connectivity index (χ2v) is 9.00. The summed E-state index contributed by atoms with van der Waals surface area (Å²) in [5.41, 5.74) is 0.917. The van der Waals surface area contributed by atoms with Crippen LogP contribution in [0, 0.1) is 0 Å². The second-order valence-electron chi connectivity index (χ2n) is 5.91. The molecule has 8 heteroatoms. The Balaban J connectivity index is 1.86. The summed E-state index contributed by atoms with van der Waals surface area (Å²) in [6.45, 7) is 0. The molecule has 2 aliphatic rings. The van der Waals surface area contributed by atoms with Gasteiger partial charge in [-0.3, -0.25) is 9.79 Å². The Morgan fingerprint density at radius 1 is 1.30 bits per heavy atom. The third-order valence-corrected chi connectivity index (χ3v) is 6.62. The number of benzene rings is 1. The Labute approximate surface area is 140 Å². The van der Waals surface area contributed by atoms with Crippen LogP contribution < -0.4 is 4.90 Å². The molecule has 1 amide bonds. The molecule has 1 aromatic rings. The van der Waals surface area contributed by atoms with Crippen LogP contribution in [0.2, 0.25) is 0 Å². The van der Waals surface area contributed by atoms with Crippen LogP contribution in [-0.4, -0.2) is 67.8 Å². The molecule has 0 unspecified atom stereocenters. The molecule has 2 aliphatic heterocycles. The van der Waals surface area contributed by atoms with Gasteiger partial charge in [-0.1, -0.05) is 30.0 Å². The number of carbonyl (C=O) groups excluding carboxylic acids is 1. The first kappa shape index (κ1) is 16.3. The number of nitrogens with zero attached hydrogens (tertiary/aromatic N) is 3. The van der Waals surface area contributed by atoms with Gasteiger partial charge in [0.1, 0.15) is 0 Å². The molecule has 1 aromatic carbocycles. The van der Waals surface area contributed by atoms with Crippen molar-refractivity contribution in [3.05, 3.63) is 30.3 Å². The van der Waals surface area contributed by atoms with E-state index in [1.807, 2.05) is 35.2 Å². The van der Waals surface area contributed by atoms with Crippen molar-refractivity contribution in [3.8, 4) is 0 Å². The van der Waals surface area contributed by atoms with Crippen molar-refractivity contribution in [3.63, 3.8) is 0 Å². The zero-order valence-electron chi connectivity index (χ0n) is 13.0. The molecule has 0 N–H and O–H groups in total. The van der Waals surface area contributed by atoms with E-state index in [0.717, 1.165) is 10.9 Å². The van der Waals surface area contributed by atoms with Crippen molar-refractivity contribution < 1.29 is 13.2 Å². The minimum Gasteiger partial charge on any atom is -0.348 e. The van der Waals surface area contributed by atoms with E-state index in [2.05, 4.69) is 4.99 Å². The van der Waals surface area contributed by atoms with Gasteiger partial charge in [-0.05, 0) is 12.1 Å². The van der Waals surface area contributed by atoms with Crippen LogP contribution in [0.5, 0.6) is 0 Å². The number of anilines is 1. The average molecular weight is 353 g/mol. The molecule has 3 rings (SSSR count). The van der Waals surface area contributed by atoms with Crippen LogP contribution >= 0.6 is 11.8 Å². The van der Waals surface area contributed by atoms with Crippen molar-refractivity contribution in [1.29, 1.82) is 0 Å². The Kier molecular flexibility index (Phi) is 4.37. The maximum absolute atomic E-state index is 11.9. The standard InChI is InChI=1S/C15H19N3O3S2/c1-17(2)14(19)8-22-15-16-12-9-23(20,21)10-13(12)18(15)11-6-4-3-5-7-11/h3-7,12-13H,8-10H2,1-2H3/t12-,13-/m1/s1. The predicted molar refractivity (Wildman–Crippen MR) is 93.7 cm³/mol. The minimum absolute atomic E-state index is 0.00962. The van der Waals surface area contributed by atoms with Gasteiger partial charge in [0.2, 0.25) is 5.91 Å². The SMILES string of the molecule is CN(C)C(=O)CSC1=N[C@@H]2CS(=O)(=O)C[C@H]2N1c1ccccc1. The van der Waals surface area contributed by atoms with Gasteiger partial charge in [-0.2, -0.15) is 0 Å². The average Bonchev–Trinajstić information content (AvgIpc) is 2.96. The van der Waals surface area contributed by atoms with Gasteiger partial charge in [0.25, 0.3) is 0 Å². The number of thioether (sulfide) groups is 1. The van der Waals surface area contributed by atoms with Gasteiger partial charge in [-0.25, -0.2) is 8.42 Å². The van der Waals surface area contributed by atoms with Crippen LogP contribution in [0.3, 0.4) is 0 Å². The van der Waals surface area contributed by atoms with E-state index in [1.165, 1.54) is 11.8 Å². The van der Waals surface area contributed by atoms with Gasteiger partial charge >= 0.3 is 0 Å². The first-order chi connectivity index (χ1) is 10.9. The number of amidine groups is 1. The summed E-state index contributed by atoms with van der Waals surface area (Å²) in [4.78, 5) is 19.9. The van der Waals surface area contributed by atoms with E-state index < -0.39 is 9.84 Å². The summed E-state index contributed by atoms with van der Waals surface area (Å²) in [6, 6.07) is 9.23. The van der Waals surface area contributed by atoms with Crippen LogP contribution in [-0.2, 0) is 14.6 Å². The van der Waals surface area contributed by atoms with E-state index >= 15 is 0 Å².